The molecule has 0 spiro atoms. The number of ether oxygens (including phenoxy) is 2. The number of amides is 3. The highest BCUT2D eigenvalue weighted by Gasteiger charge is 2.28. The fourth-order valence-corrected chi connectivity index (χ4v) is 3.00. The molecule has 0 unspecified atom stereocenters. The molecule has 0 aliphatic carbocycles. The summed E-state index contributed by atoms with van der Waals surface area (Å²) in [6.07, 6.45) is -0.944. The average Bonchev–Trinajstić information content (AvgIpc) is 2.83. The van der Waals surface area contributed by atoms with E-state index in [-0.39, 0.29) is 36.2 Å². The summed E-state index contributed by atoms with van der Waals surface area (Å²) < 4.78 is 10.3. The molecule has 0 radical (unpaired) electrons. The lowest BCUT2D eigenvalue weighted by atomic mass is 10.1. The number of imide groups is 1. The molecule has 3 amide bonds. The maximum absolute atomic E-state index is 12.4. The first kappa shape index (κ1) is 27.1. The molecular weight excluding hydrogens is 454 g/mol. The van der Waals surface area contributed by atoms with Crippen LogP contribution in [0.25, 0.3) is 0 Å². The highest BCUT2D eigenvalue weighted by molar-refractivity contribution is 5.82. The molecule has 2 aromatic rings. The van der Waals surface area contributed by atoms with Gasteiger partial charge in [0.25, 0.3) is 0 Å². The molecule has 0 aliphatic heterocycles. The second kappa shape index (κ2) is 12.9. The van der Waals surface area contributed by atoms with Gasteiger partial charge in [-0.15, -0.1) is 0 Å². The minimum atomic E-state index is -1.37. The summed E-state index contributed by atoms with van der Waals surface area (Å²) in [6.45, 7) is -0.115. The maximum Gasteiger partial charge on any atom is 0.420 e. The van der Waals surface area contributed by atoms with E-state index in [1.807, 2.05) is 12.1 Å². The first-order valence-corrected chi connectivity index (χ1v) is 10.7. The number of nitrogens with one attached hydrogen (secondary N) is 1. The van der Waals surface area contributed by atoms with E-state index in [9.17, 15) is 24.3 Å². The normalized spacial score (nSPS) is 12.3. The van der Waals surface area contributed by atoms with Crippen LogP contribution in [0.4, 0.5) is 9.59 Å². The number of nitrogens with zero attached hydrogens (tertiary/aromatic N) is 2. The lowest BCUT2D eigenvalue weighted by Gasteiger charge is -2.35. The van der Waals surface area contributed by atoms with Crippen LogP contribution in [0.1, 0.15) is 17.5 Å². The molecule has 0 fully saturated rings. The van der Waals surface area contributed by atoms with E-state index < -0.39 is 24.2 Å². The number of hydrogen-bond donors (Lipinski definition) is 1. The standard InChI is InChI=1S/C25H29N3O7/c1-28(2,3)22(23(30)31)14-21(26-24(32)34-16-19-10-6-4-7-11-19)15-27(18-29)25(33)35-17-20-12-8-5-9-13-20/h4-13,15,18,22H,14,16-17H2,1-3H3,(H-,26,30,31,32)/b21-15-/t22-/m0/s1. The number of carboxylic acids is 1. The Morgan fingerprint density at radius 3 is 1.91 bits per heavy atom. The van der Waals surface area contributed by atoms with Crippen molar-refractivity contribution in [2.45, 2.75) is 25.7 Å². The molecule has 0 bridgehead atoms. The number of benzene rings is 2. The van der Waals surface area contributed by atoms with E-state index >= 15 is 0 Å². The number of carbonyl (C=O) groups excluding carboxylic acids is 4. The summed E-state index contributed by atoms with van der Waals surface area (Å²) >= 11 is 0. The van der Waals surface area contributed by atoms with Crippen molar-refractivity contribution in [1.29, 1.82) is 0 Å². The van der Waals surface area contributed by atoms with E-state index in [0.717, 1.165) is 11.8 Å². The Bertz CT molecular complexity index is 1030. The Labute approximate surface area is 203 Å². The van der Waals surface area contributed by atoms with Crippen LogP contribution in [0, 0.1) is 0 Å². The van der Waals surface area contributed by atoms with Crippen LogP contribution in [-0.2, 0) is 32.3 Å². The number of carboxylic acid groups (broad SMARTS) is 1. The van der Waals surface area contributed by atoms with E-state index in [2.05, 4.69) is 5.32 Å². The molecule has 2 aromatic carbocycles. The topological polar surface area (TPSA) is 125 Å². The van der Waals surface area contributed by atoms with Gasteiger partial charge in [-0.25, -0.2) is 14.5 Å². The van der Waals surface area contributed by atoms with Gasteiger partial charge in [-0.2, -0.15) is 0 Å². The second-order valence-electron chi connectivity index (χ2n) is 8.55. The zero-order valence-corrected chi connectivity index (χ0v) is 19.9. The fourth-order valence-electron chi connectivity index (χ4n) is 3.00. The molecule has 1 N–H and O–H groups in total. The van der Waals surface area contributed by atoms with Crippen LogP contribution < -0.4 is 10.4 Å². The predicted molar refractivity (Wildman–Crippen MR) is 124 cm³/mol. The van der Waals surface area contributed by atoms with Gasteiger partial charge < -0.3 is 23.9 Å². The van der Waals surface area contributed by atoms with Crippen molar-refractivity contribution in [3.05, 3.63) is 83.7 Å². The van der Waals surface area contributed by atoms with Crippen molar-refractivity contribution >= 4 is 24.6 Å². The molecule has 10 heteroatoms. The summed E-state index contributed by atoms with van der Waals surface area (Å²) in [6, 6.07) is 16.7. The van der Waals surface area contributed by atoms with Crippen molar-refractivity contribution in [3.8, 4) is 0 Å². The highest BCUT2D eigenvalue weighted by Crippen LogP contribution is 2.14. The zero-order valence-electron chi connectivity index (χ0n) is 19.9. The van der Waals surface area contributed by atoms with Crippen molar-refractivity contribution in [2.75, 3.05) is 21.1 Å². The quantitative estimate of drug-likeness (QED) is 0.381. The first-order valence-electron chi connectivity index (χ1n) is 10.7. The Kier molecular flexibility index (Phi) is 9.98. The van der Waals surface area contributed by atoms with E-state index in [0.29, 0.717) is 10.5 Å². The van der Waals surface area contributed by atoms with Crippen molar-refractivity contribution in [3.63, 3.8) is 0 Å². The number of carbonyl (C=O) groups is 4. The van der Waals surface area contributed by atoms with E-state index in [4.69, 9.17) is 9.47 Å². The zero-order chi connectivity index (χ0) is 25.8. The summed E-state index contributed by atoms with van der Waals surface area (Å²) in [7, 11) is 4.91. The van der Waals surface area contributed by atoms with Gasteiger partial charge in [0.1, 0.15) is 19.3 Å². The summed E-state index contributed by atoms with van der Waals surface area (Å²) in [4.78, 5) is 48.8. The van der Waals surface area contributed by atoms with Crippen LogP contribution in [0.2, 0.25) is 0 Å². The van der Waals surface area contributed by atoms with Gasteiger partial charge in [0.05, 0.1) is 27.1 Å². The van der Waals surface area contributed by atoms with Crippen molar-refractivity contribution < 1.29 is 38.2 Å². The summed E-state index contributed by atoms with van der Waals surface area (Å²) in [5, 5.41) is 14.2. The summed E-state index contributed by atoms with van der Waals surface area (Å²) in [5.41, 5.74) is 1.40. The van der Waals surface area contributed by atoms with Crippen LogP contribution in [0.15, 0.2) is 72.6 Å². The van der Waals surface area contributed by atoms with Gasteiger partial charge in [0.15, 0.2) is 0 Å². The number of hydrogen-bond acceptors (Lipinski definition) is 7. The third kappa shape index (κ3) is 9.30. The fraction of sp³-hybridized carbons (Fsp3) is 0.280. The second-order valence-corrected chi connectivity index (χ2v) is 8.55. The molecule has 186 valence electrons. The number of likely N-dealkylation sites (N-methyl/N-ethyl adjacent to an activating group) is 1. The molecule has 0 saturated carbocycles. The van der Waals surface area contributed by atoms with Gasteiger partial charge in [0, 0.05) is 18.3 Å². The molecular formula is C25H29N3O7. The van der Waals surface area contributed by atoms with Crippen LogP contribution in [0.3, 0.4) is 0 Å². The molecule has 1 atom stereocenters. The Morgan fingerprint density at radius 2 is 1.46 bits per heavy atom. The van der Waals surface area contributed by atoms with Gasteiger partial charge in [0.2, 0.25) is 6.41 Å². The Morgan fingerprint density at radius 1 is 0.943 bits per heavy atom. The summed E-state index contributed by atoms with van der Waals surface area (Å²) in [5.74, 6) is -1.37. The molecule has 35 heavy (non-hydrogen) atoms. The van der Waals surface area contributed by atoms with Gasteiger partial charge in [-0.3, -0.25) is 10.1 Å². The van der Waals surface area contributed by atoms with Crippen molar-refractivity contribution in [2.24, 2.45) is 0 Å². The lowest BCUT2D eigenvalue weighted by molar-refractivity contribution is -0.889. The first-order chi connectivity index (χ1) is 16.6. The monoisotopic (exact) mass is 483 g/mol. The third-order valence-corrected chi connectivity index (χ3v) is 4.92. The number of aliphatic carboxylic acids is 1. The van der Waals surface area contributed by atoms with Gasteiger partial charge in [-0.05, 0) is 11.1 Å². The van der Waals surface area contributed by atoms with Crippen LogP contribution >= 0.6 is 0 Å². The minimum Gasteiger partial charge on any atom is -0.544 e. The molecule has 0 heterocycles. The number of rotatable bonds is 11. The smallest absolute Gasteiger partial charge is 0.420 e. The van der Waals surface area contributed by atoms with E-state index in [1.54, 1.807) is 69.7 Å². The third-order valence-electron chi connectivity index (χ3n) is 4.92. The van der Waals surface area contributed by atoms with Gasteiger partial charge >= 0.3 is 12.2 Å². The maximum atomic E-state index is 12.4. The Hall–Kier alpha value is -4.18. The Balaban J connectivity index is 2.18. The van der Waals surface area contributed by atoms with Crippen LogP contribution in [-0.4, -0.2) is 61.1 Å². The highest BCUT2D eigenvalue weighted by atomic mass is 16.6. The number of alkyl carbamates (subject to hydrolysis) is 1. The minimum absolute atomic E-state index is 0.0320. The van der Waals surface area contributed by atoms with Crippen LogP contribution in [0.5, 0.6) is 0 Å². The largest absolute Gasteiger partial charge is 0.544 e. The lowest BCUT2D eigenvalue weighted by Crippen LogP contribution is -2.55. The van der Waals surface area contributed by atoms with Crippen molar-refractivity contribution in [1.82, 2.24) is 10.2 Å². The molecule has 2 rings (SSSR count). The average molecular weight is 484 g/mol. The molecule has 0 aliphatic rings. The van der Waals surface area contributed by atoms with Gasteiger partial charge in [-0.1, -0.05) is 60.7 Å². The molecule has 0 saturated heterocycles. The SMILES string of the molecule is C[N+](C)(C)[C@@H](C/C(=C/N(C=O)C(=O)OCc1ccccc1)NC(=O)OCc1ccccc1)C(=O)[O-]. The molecule has 10 nitrogen and oxygen atoms in total. The number of quaternary nitrogens is 1. The molecule has 0 aromatic heterocycles. The predicted octanol–water partition coefficient (Wildman–Crippen LogP) is 1.76. The van der Waals surface area contributed by atoms with E-state index in [1.165, 1.54) is 0 Å².